The highest BCUT2D eigenvalue weighted by molar-refractivity contribution is 6.10. The molecule has 0 amide bonds. The molecule has 0 N–H and O–H groups in total. The van der Waals surface area contributed by atoms with Crippen molar-refractivity contribution in [2.24, 2.45) is 11.8 Å². The van der Waals surface area contributed by atoms with Crippen LogP contribution in [0.5, 0.6) is 0 Å². The maximum absolute atomic E-state index is 2.34. The fourth-order valence-corrected chi connectivity index (χ4v) is 17.8. The van der Waals surface area contributed by atoms with Crippen LogP contribution in [0.25, 0.3) is 86.9 Å². The first-order valence-electron chi connectivity index (χ1n) is 43.2. The number of rotatable bonds is 1. The maximum atomic E-state index is 2.34. The van der Waals surface area contributed by atoms with Crippen molar-refractivity contribution in [2.75, 3.05) is 0 Å². The molecule has 5 aliphatic rings. The lowest BCUT2D eigenvalue weighted by Crippen LogP contribution is -2.30. The van der Waals surface area contributed by atoms with Crippen LogP contribution in [0.3, 0.4) is 0 Å². The number of hydrogen-bond acceptors (Lipinski definition) is 0. The molecule has 2 unspecified atom stereocenters. The zero-order valence-electron chi connectivity index (χ0n) is 75.1. The molecule has 604 valence electrons. The largest absolute Gasteiger partial charge is 0.0617 e. The highest BCUT2D eigenvalue weighted by Gasteiger charge is 2.39. The summed E-state index contributed by atoms with van der Waals surface area (Å²) in [6.07, 6.45) is 18.3. The molecule has 5 aliphatic carbocycles. The topological polar surface area (TPSA) is 0 Å². The first-order chi connectivity index (χ1) is 58.2. The number of allylic oxidation sites excluding steroid dienone is 14. The summed E-state index contributed by atoms with van der Waals surface area (Å²) in [4.78, 5) is 0. The minimum Gasteiger partial charge on any atom is -0.0617 e. The van der Waals surface area contributed by atoms with Crippen LogP contribution in [-0.2, 0) is 5.41 Å². The van der Waals surface area contributed by atoms with E-state index in [1.807, 2.05) is 0 Å². The van der Waals surface area contributed by atoms with E-state index in [0.29, 0.717) is 11.8 Å². The SMILES string of the molecule is CC1=CC=C2C=CC3=C(C)C=CC4=CC=C1C2C43.Cc1c(C)c2ccccc2c2ccccc12.Cc1c2ccccc2c(C)c2ccccc12.Cc1ccc(-c2ccc(C)cc2)cc1.Cc1ccc(C)c2ccccc12.Cc1ccc(C)cc1.Cc1ccc2c(c1)C(C)(C)c1cc(C)ccc1-2.Cc1cccc(C)c1.Cc1cccc2c(C)cccc12. The van der Waals surface area contributed by atoms with Crippen LogP contribution in [0.1, 0.15) is 128 Å². The molecule has 0 aliphatic heterocycles. The number of aryl methyl sites for hydroxylation is 16. The zero-order valence-corrected chi connectivity index (χ0v) is 75.1. The van der Waals surface area contributed by atoms with Crippen LogP contribution in [-0.4, -0.2) is 0 Å². The maximum Gasteiger partial charge on any atom is 0.0201 e. The Bertz CT molecular complexity index is 6250. The normalized spacial score (nSPS) is 14.3. The first kappa shape index (κ1) is 86.1. The van der Waals surface area contributed by atoms with Crippen molar-refractivity contribution < 1.29 is 0 Å². The third-order valence-corrected chi connectivity index (χ3v) is 25.1. The smallest absolute Gasteiger partial charge is 0.0201 e. The van der Waals surface area contributed by atoms with Crippen LogP contribution in [0.15, 0.2) is 385 Å². The second-order valence-electron chi connectivity index (χ2n) is 34.5. The van der Waals surface area contributed by atoms with Gasteiger partial charge in [0.25, 0.3) is 0 Å². The van der Waals surface area contributed by atoms with Gasteiger partial charge >= 0.3 is 0 Å². The summed E-state index contributed by atoms with van der Waals surface area (Å²) in [5, 5.41) is 16.5. The van der Waals surface area contributed by atoms with Gasteiger partial charge in [0, 0.05) is 17.3 Å². The Labute approximate surface area is 723 Å². The summed E-state index contributed by atoms with van der Waals surface area (Å²) in [5.41, 5.74) is 38.9. The van der Waals surface area contributed by atoms with E-state index in [4.69, 9.17) is 0 Å². The lowest BCUT2D eigenvalue weighted by Gasteiger charge is -2.41. The standard InChI is InChI=1S/C18H16.C17H18.2C16H14.C14H14.2C12H12.2C8H10/c1-11-3-5-13-8-10-16-12(2)4-6-14-7-9-15(11)17(13)18(14)16;1-11-5-7-13-14-8-6-12(2)10-16(14)17(3,4)15(13)9-11;1-11-13-7-3-5-9-15(13)12(2)16-10-6-4-8-14(11)16;1-11-12(2)14-8-4-6-10-16(14)15-9-5-3-7-13(11)15;1-11-3-7-13(8-4-11)14-9-5-12(2)6-10-14;1-9-5-3-8-12-10(2)6-4-7-11(9)12;1-9-7-8-10(2)12-6-4-3-5-11(9)12;1-7-3-5-8(2)6-4-7;1-7-4-3-5-8(2)6-7/h3-10,17-18H,1-2H3;5-10H,1-4H3;2*3-10H,1-2H3;3-10H,1-2H3;2*3-8H,1-2H3;2*3-6H,1-2H3. The lowest BCUT2D eigenvalue weighted by molar-refractivity contribution is 0.554. The quantitative estimate of drug-likeness (QED) is 0.114. The Hall–Kier alpha value is -12.7. The molecule has 121 heavy (non-hydrogen) atoms. The highest BCUT2D eigenvalue weighted by atomic mass is 14.4. The molecule has 2 atom stereocenters. The molecular formula is C121H120. The van der Waals surface area contributed by atoms with Crippen molar-refractivity contribution in [3.8, 4) is 22.3 Å². The van der Waals surface area contributed by atoms with Gasteiger partial charge in [-0.05, 0) is 301 Å². The Morgan fingerprint density at radius 2 is 0.512 bits per heavy atom. The molecule has 0 spiro atoms. The molecule has 0 aromatic heterocycles. The van der Waals surface area contributed by atoms with Crippen molar-refractivity contribution in [2.45, 2.75) is 144 Å². The molecule has 16 aromatic carbocycles. The van der Waals surface area contributed by atoms with Gasteiger partial charge in [0.15, 0.2) is 0 Å². The third kappa shape index (κ3) is 19.8. The van der Waals surface area contributed by atoms with E-state index in [1.165, 1.54) is 220 Å². The van der Waals surface area contributed by atoms with Crippen molar-refractivity contribution in [1.82, 2.24) is 0 Å². The average molecular weight is 1570 g/mol. The second-order valence-corrected chi connectivity index (χ2v) is 34.5. The van der Waals surface area contributed by atoms with Crippen molar-refractivity contribution in [1.29, 1.82) is 0 Å². The Morgan fingerprint density at radius 1 is 0.215 bits per heavy atom. The lowest BCUT2D eigenvalue weighted by atomic mass is 9.62. The molecule has 0 saturated carbocycles. The van der Waals surface area contributed by atoms with Gasteiger partial charge in [-0.1, -0.05) is 410 Å². The van der Waals surface area contributed by atoms with Crippen LogP contribution in [0.2, 0.25) is 0 Å². The summed E-state index contributed by atoms with van der Waals surface area (Å²) in [7, 11) is 0. The molecule has 0 heterocycles. The van der Waals surface area contributed by atoms with E-state index in [0.717, 1.165) is 0 Å². The minimum absolute atomic E-state index is 0.142. The first-order valence-corrected chi connectivity index (χ1v) is 43.2. The number of hydrogen-bond donors (Lipinski definition) is 0. The summed E-state index contributed by atoms with van der Waals surface area (Å²) < 4.78 is 0. The molecule has 16 aromatic rings. The van der Waals surface area contributed by atoms with Gasteiger partial charge in [0.05, 0.1) is 0 Å². The summed E-state index contributed by atoms with van der Waals surface area (Å²) >= 11 is 0. The molecule has 0 nitrogen and oxygen atoms in total. The summed E-state index contributed by atoms with van der Waals surface area (Å²) in [5.74, 6) is 1.10. The summed E-state index contributed by atoms with van der Waals surface area (Å²) in [6.45, 7) is 43.5. The Kier molecular flexibility index (Phi) is 27.4. The van der Waals surface area contributed by atoms with Crippen LogP contribution >= 0.6 is 0 Å². The minimum atomic E-state index is 0.142. The van der Waals surface area contributed by atoms with Crippen molar-refractivity contribution >= 4 is 64.6 Å². The number of benzene rings is 16. The monoisotopic (exact) mass is 1570 g/mol. The van der Waals surface area contributed by atoms with Gasteiger partial charge in [-0.3, -0.25) is 0 Å². The molecule has 0 saturated heterocycles. The van der Waals surface area contributed by atoms with Crippen LogP contribution in [0, 0.1) is 123 Å². The van der Waals surface area contributed by atoms with E-state index < -0.39 is 0 Å². The molecule has 0 radical (unpaired) electrons. The van der Waals surface area contributed by atoms with Gasteiger partial charge in [0.2, 0.25) is 0 Å². The summed E-state index contributed by atoms with van der Waals surface area (Å²) in [6, 6.07) is 108. The van der Waals surface area contributed by atoms with Gasteiger partial charge < -0.3 is 0 Å². The molecular weight excluding hydrogens is 1450 g/mol. The van der Waals surface area contributed by atoms with E-state index >= 15 is 0 Å². The molecule has 21 rings (SSSR count). The number of fused-ring (bicyclic) bond motifs is 10. The van der Waals surface area contributed by atoms with Crippen molar-refractivity contribution in [3.05, 3.63) is 486 Å². The predicted octanol–water partition coefficient (Wildman–Crippen LogP) is 33.7. The molecule has 0 heteroatoms. The van der Waals surface area contributed by atoms with E-state index in [-0.39, 0.29) is 5.41 Å². The predicted molar refractivity (Wildman–Crippen MR) is 531 cm³/mol. The van der Waals surface area contributed by atoms with Gasteiger partial charge in [-0.15, -0.1) is 0 Å². The third-order valence-electron chi connectivity index (χ3n) is 25.1. The fraction of sp³-hybridized carbons (Fsp3) is 0.190. The van der Waals surface area contributed by atoms with E-state index in [1.54, 1.807) is 0 Å². The van der Waals surface area contributed by atoms with E-state index in [9.17, 15) is 0 Å². The van der Waals surface area contributed by atoms with Gasteiger partial charge in [-0.2, -0.15) is 0 Å². The van der Waals surface area contributed by atoms with Crippen LogP contribution < -0.4 is 0 Å². The van der Waals surface area contributed by atoms with Gasteiger partial charge in [-0.25, -0.2) is 0 Å². The fourth-order valence-electron chi connectivity index (χ4n) is 17.8. The highest BCUT2D eigenvalue weighted by Crippen LogP contribution is 2.52. The Balaban J connectivity index is 0.000000119. The Morgan fingerprint density at radius 3 is 0.893 bits per heavy atom. The average Bonchev–Trinajstić information content (AvgIpc) is 1.28. The van der Waals surface area contributed by atoms with Crippen LogP contribution in [0.4, 0.5) is 0 Å². The van der Waals surface area contributed by atoms with E-state index in [2.05, 4.69) is 490 Å². The molecule has 0 fully saturated rings. The molecule has 0 bridgehead atoms. The van der Waals surface area contributed by atoms with Gasteiger partial charge in [0.1, 0.15) is 0 Å². The van der Waals surface area contributed by atoms with Crippen molar-refractivity contribution in [3.63, 3.8) is 0 Å². The second kappa shape index (κ2) is 38.5. The zero-order chi connectivity index (χ0) is 85.8.